The maximum atomic E-state index is 12.4. The normalized spacial score (nSPS) is 11.1. The molecule has 0 aliphatic carbocycles. The first-order valence-corrected chi connectivity index (χ1v) is 8.46. The van der Waals surface area contributed by atoms with E-state index in [1.54, 1.807) is 24.3 Å². The molecule has 0 unspecified atom stereocenters. The molecule has 2 aromatic rings. The summed E-state index contributed by atoms with van der Waals surface area (Å²) in [6, 6.07) is 10.8. The first-order chi connectivity index (χ1) is 12.0. The number of ketones is 1. The number of phenolic OH excluding ortho intramolecular Hbond substituents is 1. The lowest BCUT2D eigenvalue weighted by Crippen LogP contribution is -1.98. The van der Waals surface area contributed by atoms with Gasteiger partial charge in [0.05, 0.1) is 6.61 Å². The quantitative estimate of drug-likeness (QED) is 0.559. The summed E-state index contributed by atoms with van der Waals surface area (Å²) >= 11 is 0. The number of hydrogen-bond donors (Lipinski definition) is 2. The van der Waals surface area contributed by atoms with Crippen LogP contribution >= 0.6 is 0 Å². The Morgan fingerprint density at radius 3 is 2.48 bits per heavy atom. The van der Waals surface area contributed by atoms with Gasteiger partial charge in [0, 0.05) is 29.9 Å². The third kappa shape index (κ3) is 4.63. The standard InChI is InChI=1S/C21H25NO3/c1-5-25-21-13-20(24)18(14(2)3)12-16(21)8-11-19(23)15-6-9-17(22-4)10-7-15/h6-14,22,24H,5H2,1-4H3/b11-8+. The second-order valence-electron chi connectivity index (χ2n) is 6.06. The van der Waals surface area contributed by atoms with Crippen LogP contribution in [0.15, 0.2) is 42.5 Å². The summed E-state index contributed by atoms with van der Waals surface area (Å²) in [5.41, 5.74) is 3.19. The summed E-state index contributed by atoms with van der Waals surface area (Å²) in [5, 5.41) is 13.2. The van der Waals surface area contributed by atoms with Gasteiger partial charge in [-0.25, -0.2) is 0 Å². The molecule has 2 aromatic carbocycles. The number of rotatable bonds is 7. The van der Waals surface area contributed by atoms with Crippen LogP contribution in [-0.2, 0) is 0 Å². The maximum Gasteiger partial charge on any atom is 0.185 e. The van der Waals surface area contributed by atoms with Crippen molar-refractivity contribution in [3.63, 3.8) is 0 Å². The molecule has 25 heavy (non-hydrogen) atoms. The molecule has 4 nitrogen and oxygen atoms in total. The Morgan fingerprint density at radius 1 is 1.24 bits per heavy atom. The van der Waals surface area contributed by atoms with Crippen LogP contribution in [0.5, 0.6) is 11.5 Å². The van der Waals surface area contributed by atoms with Gasteiger partial charge in [0.2, 0.25) is 0 Å². The average Bonchev–Trinajstić information content (AvgIpc) is 2.60. The van der Waals surface area contributed by atoms with Crippen molar-refractivity contribution in [2.45, 2.75) is 26.7 Å². The number of benzene rings is 2. The van der Waals surface area contributed by atoms with Crippen LogP contribution in [0.1, 0.15) is 48.2 Å². The Labute approximate surface area is 149 Å². The summed E-state index contributed by atoms with van der Waals surface area (Å²) in [5.74, 6) is 0.875. The Balaban J connectivity index is 2.31. The molecule has 0 fully saturated rings. The molecule has 0 aliphatic heterocycles. The molecule has 2 N–H and O–H groups in total. The molecule has 0 saturated carbocycles. The van der Waals surface area contributed by atoms with E-state index in [1.807, 2.05) is 46.0 Å². The Morgan fingerprint density at radius 2 is 1.92 bits per heavy atom. The Kier molecular flexibility index (Phi) is 6.23. The summed E-state index contributed by atoms with van der Waals surface area (Å²) < 4.78 is 5.59. The van der Waals surface area contributed by atoms with E-state index in [9.17, 15) is 9.90 Å². The van der Waals surface area contributed by atoms with E-state index in [0.717, 1.165) is 16.8 Å². The highest BCUT2D eigenvalue weighted by molar-refractivity contribution is 6.07. The summed E-state index contributed by atoms with van der Waals surface area (Å²) in [6.45, 7) is 6.39. The van der Waals surface area contributed by atoms with Crippen LogP contribution in [0, 0.1) is 0 Å². The smallest absolute Gasteiger partial charge is 0.185 e. The zero-order valence-electron chi connectivity index (χ0n) is 15.2. The number of phenols is 1. The molecule has 0 aromatic heterocycles. The molecule has 2 rings (SSSR count). The van der Waals surface area contributed by atoms with Gasteiger partial charge in [0.15, 0.2) is 5.78 Å². The fourth-order valence-corrected chi connectivity index (χ4v) is 2.54. The molecule has 0 aliphatic rings. The van der Waals surface area contributed by atoms with Gasteiger partial charge in [-0.05, 0) is 60.9 Å². The minimum atomic E-state index is -0.0794. The van der Waals surface area contributed by atoms with Crippen LogP contribution in [-0.4, -0.2) is 24.5 Å². The van der Waals surface area contributed by atoms with Gasteiger partial charge in [-0.3, -0.25) is 4.79 Å². The van der Waals surface area contributed by atoms with Crippen LogP contribution in [0.25, 0.3) is 6.08 Å². The zero-order valence-corrected chi connectivity index (χ0v) is 15.2. The summed E-state index contributed by atoms with van der Waals surface area (Å²) in [4.78, 5) is 12.4. The average molecular weight is 339 g/mol. The fourth-order valence-electron chi connectivity index (χ4n) is 2.54. The van der Waals surface area contributed by atoms with Crippen molar-refractivity contribution < 1.29 is 14.6 Å². The van der Waals surface area contributed by atoms with E-state index in [1.165, 1.54) is 6.08 Å². The number of allylic oxidation sites excluding steroid dienone is 1. The number of carbonyl (C=O) groups excluding carboxylic acids is 1. The molecule has 0 bridgehead atoms. The number of ether oxygens (including phenoxy) is 1. The second-order valence-corrected chi connectivity index (χ2v) is 6.06. The number of hydrogen-bond acceptors (Lipinski definition) is 4. The Bertz CT molecular complexity index is 761. The van der Waals surface area contributed by atoms with Gasteiger partial charge in [0.25, 0.3) is 0 Å². The van der Waals surface area contributed by atoms with E-state index < -0.39 is 0 Å². The number of carbonyl (C=O) groups is 1. The highest BCUT2D eigenvalue weighted by Gasteiger charge is 2.12. The molecular formula is C21H25NO3. The van der Waals surface area contributed by atoms with Crippen molar-refractivity contribution in [2.24, 2.45) is 0 Å². The van der Waals surface area contributed by atoms with Crippen molar-refractivity contribution >= 4 is 17.5 Å². The largest absolute Gasteiger partial charge is 0.508 e. The van der Waals surface area contributed by atoms with Crippen molar-refractivity contribution in [3.8, 4) is 11.5 Å². The molecule has 0 spiro atoms. The van der Waals surface area contributed by atoms with Gasteiger partial charge in [-0.1, -0.05) is 13.8 Å². The van der Waals surface area contributed by atoms with Crippen molar-refractivity contribution in [1.29, 1.82) is 0 Å². The van der Waals surface area contributed by atoms with Gasteiger partial charge in [-0.15, -0.1) is 0 Å². The molecule has 132 valence electrons. The molecule has 0 heterocycles. The molecule has 0 radical (unpaired) electrons. The predicted molar refractivity (Wildman–Crippen MR) is 103 cm³/mol. The van der Waals surface area contributed by atoms with Gasteiger partial charge in [-0.2, -0.15) is 0 Å². The minimum absolute atomic E-state index is 0.0794. The van der Waals surface area contributed by atoms with Crippen molar-refractivity contribution in [2.75, 3.05) is 19.0 Å². The lowest BCUT2D eigenvalue weighted by molar-refractivity contribution is 0.104. The topological polar surface area (TPSA) is 58.6 Å². The Hall–Kier alpha value is -2.75. The van der Waals surface area contributed by atoms with E-state index >= 15 is 0 Å². The van der Waals surface area contributed by atoms with Crippen molar-refractivity contribution in [3.05, 3.63) is 59.2 Å². The SMILES string of the molecule is CCOc1cc(O)c(C(C)C)cc1/C=C/C(=O)c1ccc(NC)cc1. The third-order valence-electron chi connectivity index (χ3n) is 3.95. The minimum Gasteiger partial charge on any atom is -0.508 e. The van der Waals surface area contributed by atoms with Crippen LogP contribution in [0.3, 0.4) is 0 Å². The number of anilines is 1. The van der Waals surface area contributed by atoms with E-state index in [2.05, 4.69) is 5.32 Å². The zero-order chi connectivity index (χ0) is 18.4. The summed E-state index contributed by atoms with van der Waals surface area (Å²) in [6.07, 6.45) is 3.28. The molecule has 0 atom stereocenters. The van der Waals surface area contributed by atoms with Crippen molar-refractivity contribution in [1.82, 2.24) is 0 Å². The van der Waals surface area contributed by atoms with Crippen LogP contribution in [0.4, 0.5) is 5.69 Å². The molecular weight excluding hydrogens is 314 g/mol. The lowest BCUT2D eigenvalue weighted by Gasteiger charge is -2.14. The van der Waals surface area contributed by atoms with Gasteiger partial charge >= 0.3 is 0 Å². The van der Waals surface area contributed by atoms with E-state index in [-0.39, 0.29) is 17.5 Å². The van der Waals surface area contributed by atoms with Crippen LogP contribution in [0.2, 0.25) is 0 Å². The second kappa shape index (κ2) is 8.38. The number of aromatic hydroxyl groups is 1. The third-order valence-corrected chi connectivity index (χ3v) is 3.95. The fraction of sp³-hybridized carbons (Fsp3) is 0.286. The number of nitrogens with one attached hydrogen (secondary N) is 1. The molecule has 0 amide bonds. The predicted octanol–water partition coefficient (Wildman–Crippen LogP) is 4.85. The van der Waals surface area contributed by atoms with Crippen LogP contribution < -0.4 is 10.1 Å². The highest BCUT2D eigenvalue weighted by Crippen LogP contribution is 2.33. The lowest BCUT2D eigenvalue weighted by atomic mass is 9.98. The molecule has 4 heteroatoms. The van der Waals surface area contributed by atoms with Gasteiger partial charge in [0.1, 0.15) is 11.5 Å². The molecule has 0 saturated heterocycles. The first-order valence-electron chi connectivity index (χ1n) is 8.46. The van der Waals surface area contributed by atoms with E-state index in [0.29, 0.717) is 17.9 Å². The van der Waals surface area contributed by atoms with E-state index in [4.69, 9.17) is 4.74 Å². The monoisotopic (exact) mass is 339 g/mol. The maximum absolute atomic E-state index is 12.4. The van der Waals surface area contributed by atoms with Gasteiger partial charge < -0.3 is 15.2 Å². The first kappa shape index (κ1) is 18.6. The highest BCUT2D eigenvalue weighted by atomic mass is 16.5. The summed E-state index contributed by atoms with van der Waals surface area (Å²) in [7, 11) is 1.84.